The molecule has 0 N–H and O–H groups in total. The lowest BCUT2D eigenvalue weighted by atomic mass is 10.1. The van der Waals surface area contributed by atoms with Crippen molar-refractivity contribution in [1.82, 2.24) is 0 Å². The minimum atomic E-state index is -1.36. The quantitative estimate of drug-likeness (QED) is 0.271. The molecule has 0 spiro atoms. The van der Waals surface area contributed by atoms with Gasteiger partial charge in [0.1, 0.15) is 0 Å². The molecule has 3 rings (SSSR count). The van der Waals surface area contributed by atoms with Crippen molar-refractivity contribution in [2.45, 2.75) is 50.4 Å². The molecule has 0 aliphatic rings. The highest BCUT2D eigenvalue weighted by Gasteiger charge is 2.23. The molecule has 0 amide bonds. The topological polar surface area (TPSA) is 0 Å². The summed E-state index contributed by atoms with van der Waals surface area (Å²) in [5, 5.41) is 0. The lowest BCUT2D eigenvalue weighted by Crippen LogP contribution is -2.33. The maximum atomic E-state index is 3.86. The molecule has 2 heteroatoms. The first kappa shape index (κ1) is 24.2. The summed E-state index contributed by atoms with van der Waals surface area (Å²) >= 11 is 0. The molecule has 0 saturated heterocycles. The molecule has 0 aromatic heterocycles. The average molecular weight is 455 g/mol. The molecular weight excluding hydrogens is 417 g/mol. The van der Waals surface area contributed by atoms with Gasteiger partial charge in [-0.1, -0.05) is 147 Å². The summed E-state index contributed by atoms with van der Waals surface area (Å²) in [7, 11) is -2.72. The molecule has 166 valence electrons. The monoisotopic (exact) mass is 454 g/mol. The van der Waals surface area contributed by atoms with Crippen LogP contribution in [0.5, 0.6) is 0 Å². The summed E-state index contributed by atoms with van der Waals surface area (Å²) in [6, 6.07) is 32.2. The van der Waals surface area contributed by atoms with Crippen molar-refractivity contribution < 1.29 is 0 Å². The number of benzene rings is 3. The Kier molecular flexibility index (Phi) is 7.92. The fourth-order valence-electron chi connectivity index (χ4n) is 4.65. The predicted octanol–water partition coefficient (Wildman–Crippen LogP) is 8.12. The normalized spacial score (nSPS) is 11.9. The summed E-state index contributed by atoms with van der Waals surface area (Å²) in [6.07, 6.45) is 3.83. The lowest BCUT2D eigenvalue weighted by Gasteiger charge is -2.24. The first-order chi connectivity index (χ1) is 15.2. The molecule has 3 aromatic rings. The number of hydrogen-bond acceptors (Lipinski definition) is 0. The second-order valence-corrected chi connectivity index (χ2v) is 20.8. The molecule has 0 nitrogen and oxygen atoms in total. The summed E-state index contributed by atoms with van der Waals surface area (Å²) in [6.45, 7) is 17.7. The van der Waals surface area contributed by atoms with Crippen molar-refractivity contribution in [3.05, 3.63) is 119 Å². The Bertz CT molecular complexity index is 937. The maximum Gasteiger partial charge on any atom is 0.0561 e. The van der Waals surface area contributed by atoms with Crippen molar-refractivity contribution in [2.75, 3.05) is 0 Å². The highest BCUT2D eigenvalue weighted by Crippen LogP contribution is 2.22. The van der Waals surface area contributed by atoms with Crippen molar-refractivity contribution in [3.63, 3.8) is 0 Å². The third-order valence-corrected chi connectivity index (χ3v) is 11.6. The third-order valence-electron chi connectivity index (χ3n) is 6.18. The van der Waals surface area contributed by atoms with Gasteiger partial charge in [-0.3, -0.25) is 0 Å². The summed E-state index contributed by atoms with van der Waals surface area (Å²) in [4.78, 5) is 0. The molecule has 32 heavy (non-hydrogen) atoms. The first-order valence-electron chi connectivity index (χ1n) is 11.7. The van der Waals surface area contributed by atoms with Crippen LogP contribution in [0.1, 0.15) is 33.4 Å². The first-order valence-corrected chi connectivity index (χ1v) is 18.5. The SMILES string of the molecule is C=Cc1ccc(C[Si](C)(C)Cc2ccc(C[Si](C)(C)Cc3ccc(C=C)cc3)cc2)cc1. The van der Waals surface area contributed by atoms with Gasteiger partial charge in [0.05, 0.1) is 16.1 Å². The molecule has 0 heterocycles. The predicted molar refractivity (Wildman–Crippen MR) is 149 cm³/mol. The zero-order chi connectivity index (χ0) is 23.2. The van der Waals surface area contributed by atoms with Crippen LogP contribution in [-0.4, -0.2) is 16.1 Å². The van der Waals surface area contributed by atoms with Gasteiger partial charge < -0.3 is 0 Å². The molecule has 0 saturated carbocycles. The van der Waals surface area contributed by atoms with E-state index in [0.29, 0.717) is 0 Å². The fraction of sp³-hybridized carbons (Fsp3) is 0.267. The van der Waals surface area contributed by atoms with E-state index in [1.807, 2.05) is 12.2 Å². The zero-order valence-electron chi connectivity index (χ0n) is 20.3. The van der Waals surface area contributed by atoms with Crippen LogP contribution >= 0.6 is 0 Å². The van der Waals surface area contributed by atoms with Crippen LogP contribution in [0.3, 0.4) is 0 Å². The molecule has 0 unspecified atom stereocenters. The minimum absolute atomic E-state index is 1.20. The highest BCUT2D eigenvalue weighted by molar-refractivity contribution is 6.76. The van der Waals surface area contributed by atoms with Crippen molar-refractivity contribution in [1.29, 1.82) is 0 Å². The Morgan fingerprint density at radius 2 is 0.688 bits per heavy atom. The van der Waals surface area contributed by atoms with E-state index in [1.165, 1.54) is 57.6 Å². The zero-order valence-corrected chi connectivity index (χ0v) is 22.3. The second kappa shape index (κ2) is 10.5. The van der Waals surface area contributed by atoms with Gasteiger partial charge in [0.25, 0.3) is 0 Å². The Labute approximate surface area is 197 Å². The van der Waals surface area contributed by atoms with E-state index in [2.05, 4.69) is 112 Å². The van der Waals surface area contributed by atoms with Crippen LogP contribution in [0.4, 0.5) is 0 Å². The molecule has 0 fully saturated rings. The van der Waals surface area contributed by atoms with E-state index in [-0.39, 0.29) is 0 Å². The molecular formula is C30H38Si2. The van der Waals surface area contributed by atoms with Gasteiger partial charge in [0.15, 0.2) is 0 Å². The number of rotatable bonds is 10. The van der Waals surface area contributed by atoms with Crippen molar-refractivity contribution in [2.24, 2.45) is 0 Å². The molecule has 0 bridgehead atoms. The highest BCUT2D eigenvalue weighted by atomic mass is 28.3. The lowest BCUT2D eigenvalue weighted by molar-refractivity contribution is 1.18. The van der Waals surface area contributed by atoms with Crippen LogP contribution in [-0.2, 0) is 24.2 Å². The summed E-state index contributed by atoms with van der Waals surface area (Å²) in [5.41, 5.74) is 8.30. The van der Waals surface area contributed by atoms with Gasteiger partial charge in [-0.25, -0.2) is 0 Å². The van der Waals surface area contributed by atoms with Crippen molar-refractivity contribution >= 4 is 28.3 Å². The van der Waals surface area contributed by atoms with Crippen LogP contribution in [0.15, 0.2) is 86.0 Å². The Balaban J connectivity index is 1.59. The Hall–Kier alpha value is -2.43. The molecule has 0 aliphatic carbocycles. The third kappa shape index (κ3) is 7.32. The number of hydrogen-bond donors (Lipinski definition) is 0. The smallest absolute Gasteiger partial charge is 0.0561 e. The van der Waals surface area contributed by atoms with Crippen molar-refractivity contribution in [3.8, 4) is 0 Å². The Morgan fingerprint density at radius 3 is 0.906 bits per heavy atom. The largest absolute Gasteiger partial charge is 0.0985 e. The van der Waals surface area contributed by atoms with E-state index in [9.17, 15) is 0 Å². The summed E-state index contributed by atoms with van der Waals surface area (Å²) < 4.78 is 0. The van der Waals surface area contributed by atoms with Crippen LogP contribution in [0.2, 0.25) is 26.2 Å². The standard InChI is InChI=1S/C30H38Si2/c1-7-25-9-13-27(14-10-25)21-31(3,4)23-29-17-19-30(20-18-29)24-32(5,6)22-28-15-11-26(8-2)12-16-28/h7-20H,1-2,21-24H2,3-6H3. The summed E-state index contributed by atoms with van der Waals surface area (Å²) in [5.74, 6) is 0. The minimum Gasteiger partial charge on any atom is -0.0985 e. The van der Waals surface area contributed by atoms with E-state index >= 15 is 0 Å². The van der Waals surface area contributed by atoms with E-state index in [1.54, 1.807) is 0 Å². The maximum absolute atomic E-state index is 3.86. The molecule has 0 aliphatic heterocycles. The second-order valence-electron chi connectivity index (χ2n) is 10.7. The Morgan fingerprint density at radius 1 is 0.469 bits per heavy atom. The average Bonchev–Trinajstić information content (AvgIpc) is 2.75. The van der Waals surface area contributed by atoms with Gasteiger partial charge in [-0.05, 0) is 35.3 Å². The van der Waals surface area contributed by atoms with E-state index in [4.69, 9.17) is 0 Å². The van der Waals surface area contributed by atoms with Crippen LogP contribution in [0, 0.1) is 0 Å². The molecule has 0 atom stereocenters. The fourth-order valence-corrected chi connectivity index (χ4v) is 10.3. The van der Waals surface area contributed by atoms with Gasteiger partial charge in [0.2, 0.25) is 0 Å². The van der Waals surface area contributed by atoms with Crippen LogP contribution < -0.4 is 0 Å². The molecule has 0 radical (unpaired) electrons. The van der Waals surface area contributed by atoms with E-state index in [0.717, 1.165) is 0 Å². The van der Waals surface area contributed by atoms with Gasteiger partial charge in [-0.2, -0.15) is 0 Å². The van der Waals surface area contributed by atoms with E-state index < -0.39 is 16.1 Å². The van der Waals surface area contributed by atoms with Gasteiger partial charge in [-0.15, -0.1) is 0 Å². The van der Waals surface area contributed by atoms with Gasteiger partial charge in [0, 0.05) is 0 Å². The van der Waals surface area contributed by atoms with Gasteiger partial charge >= 0.3 is 0 Å². The van der Waals surface area contributed by atoms with Crippen LogP contribution in [0.25, 0.3) is 12.2 Å². The molecule has 3 aromatic carbocycles.